The van der Waals surface area contributed by atoms with Crippen LogP contribution in [0.15, 0.2) is 83.9 Å². The highest BCUT2D eigenvalue weighted by atomic mass is 16.4. The quantitative estimate of drug-likeness (QED) is 0.0157. The van der Waals surface area contributed by atoms with Gasteiger partial charge in [-0.1, -0.05) is 61.5 Å². The first kappa shape index (κ1) is 72.2. The zero-order chi connectivity index (χ0) is 64.4. The number of carbonyl (C=O) groups is 9. The minimum Gasteiger partial charge on any atom is -0.508 e. The number of amides is 6. The zero-order valence-electron chi connectivity index (χ0n) is 51.1. The molecule has 88 heavy (non-hydrogen) atoms. The minimum absolute atomic E-state index is 0.00994. The average Bonchev–Trinajstić information content (AvgIpc) is 1.49. The second-order valence-electron chi connectivity index (χ2n) is 21.7. The topological polar surface area (TPSA) is 368 Å². The van der Waals surface area contributed by atoms with Crippen molar-refractivity contribution in [3.63, 3.8) is 0 Å². The molecule has 484 valence electrons. The standard InChI is InChI=1S/C60H91N15O13/c1-5-50(78)62-24-25-64-60(88)68-59(61)63-23-9-14-49(57(86)66-38-44-15-21-48(77)22-16-44)67-58(87)56(45-12-7-6-8-13-45)46-17-19-47(20-18-46)65-39-52(79)71(4)29-11-27-69(2)26-10-28-70(3)51(43-76)75-36-34-73(41-54(82)83)32-30-72(40-53(80)81)31-33-74(35-37-75)42-55(84)85/h6-8,12-13,15-22,43,49,51,56,65,77H,5,9-11,14,23-42H2,1-4H3,(H,62,78)(H,66,86)(H,67,87)(H,80,81)(H,82,83)(H,84,85)(H4,61,63,64,68,88)/t49-,51?,56+/m1/s1. The predicted molar refractivity (Wildman–Crippen MR) is 331 cm³/mol. The van der Waals surface area contributed by atoms with E-state index in [0.29, 0.717) is 81.8 Å². The number of aliphatic carboxylic acids is 3. The van der Waals surface area contributed by atoms with Gasteiger partial charge in [-0.2, -0.15) is 0 Å². The van der Waals surface area contributed by atoms with Crippen LogP contribution < -0.4 is 37.6 Å². The summed E-state index contributed by atoms with van der Waals surface area (Å²) in [6.45, 7) is 6.29. The highest BCUT2D eigenvalue weighted by Crippen LogP contribution is 2.27. The number of benzene rings is 3. The van der Waals surface area contributed by atoms with E-state index in [1.54, 1.807) is 70.0 Å². The van der Waals surface area contributed by atoms with Crippen LogP contribution in [0.1, 0.15) is 61.6 Å². The highest BCUT2D eigenvalue weighted by molar-refractivity contribution is 5.95. The summed E-state index contributed by atoms with van der Waals surface area (Å²) in [7, 11) is 5.56. The van der Waals surface area contributed by atoms with Gasteiger partial charge in [0.1, 0.15) is 18.0 Å². The molecule has 6 amide bonds. The van der Waals surface area contributed by atoms with Crippen LogP contribution in [0.3, 0.4) is 0 Å². The van der Waals surface area contributed by atoms with Crippen molar-refractivity contribution in [1.29, 1.82) is 0 Å². The lowest BCUT2D eigenvalue weighted by atomic mass is 9.90. The number of aromatic hydroxyl groups is 1. The molecule has 0 bridgehead atoms. The molecule has 12 N–H and O–H groups in total. The molecule has 4 rings (SSSR count). The second kappa shape index (κ2) is 39.5. The number of nitrogens with one attached hydrogen (secondary N) is 6. The molecule has 28 nitrogen and oxygen atoms in total. The van der Waals surface area contributed by atoms with Crippen LogP contribution in [0.25, 0.3) is 0 Å². The number of hydrogen-bond acceptors (Lipinski definition) is 18. The first-order chi connectivity index (χ1) is 42.1. The molecule has 3 atom stereocenters. The molecule has 1 aliphatic rings. The van der Waals surface area contributed by atoms with Crippen LogP contribution in [0, 0.1) is 0 Å². The molecule has 0 spiro atoms. The Balaban J connectivity index is 1.30. The lowest BCUT2D eigenvalue weighted by Gasteiger charge is -2.38. The Labute approximate surface area is 514 Å². The first-order valence-electron chi connectivity index (χ1n) is 29.6. The van der Waals surface area contributed by atoms with Gasteiger partial charge in [-0.3, -0.25) is 68.4 Å². The number of nitrogens with two attached hydrogens (primary N) is 1. The van der Waals surface area contributed by atoms with E-state index in [1.165, 1.54) is 12.1 Å². The molecule has 1 saturated heterocycles. The maximum absolute atomic E-state index is 14.4. The van der Waals surface area contributed by atoms with Crippen molar-refractivity contribution in [2.75, 3.05) is 151 Å². The first-order valence-corrected chi connectivity index (χ1v) is 29.6. The van der Waals surface area contributed by atoms with Crippen molar-refractivity contribution in [3.8, 4) is 5.75 Å². The van der Waals surface area contributed by atoms with Gasteiger partial charge in [0.15, 0.2) is 12.2 Å². The normalized spacial score (nSPS) is 15.1. The monoisotopic (exact) mass is 1230 g/mol. The van der Waals surface area contributed by atoms with Gasteiger partial charge in [-0.15, -0.1) is 0 Å². The van der Waals surface area contributed by atoms with Crippen molar-refractivity contribution in [2.24, 2.45) is 10.7 Å². The lowest BCUT2D eigenvalue weighted by molar-refractivity contribution is -0.140. The van der Waals surface area contributed by atoms with E-state index < -0.39 is 53.9 Å². The van der Waals surface area contributed by atoms with E-state index in [4.69, 9.17) is 5.73 Å². The molecule has 0 radical (unpaired) electrons. The van der Waals surface area contributed by atoms with E-state index in [1.807, 2.05) is 54.2 Å². The van der Waals surface area contributed by atoms with Crippen LogP contribution in [0.2, 0.25) is 0 Å². The summed E-state index contributed by atoms with van der Waals surface area (Å²) < 4.78 is 0. The van der Waals surface area contributed by atoms with Crippen molar-refractivity contribution in [2.45, 2.75) is 63.7 Å². The van der Waals surface area contributed by atoms with Gasteiger partial charge in [-0.25, -0.2) is 4.79 Å². The second-order valence-corrected chi connectivity index (χ2v) is 21.7. The molecule has 1 fully saturated rings. The van der Waals surface area contributed by atoms with Crippen molar-refractivity contribution >= 4 is 65.5 Å². The van der Waals surface area contributed by atoms with Crippen molar-refractivity contribution in [1.82, 2.24) is 60.9 Å². The van der Waals surface area contributed by atoms with Gasteiger partial charge in [0.2, 0.25) is 23.6 Å². The number of rotatable bonds is 35. The number of carboxylic acid groups (broad SMARTS) is 3. The summed E-state index contributed by atoms with van der Waals surface area (Å²) in [6.07, 6.45) is 2.33. The van der Waals surface area contributed by atoms with Gasteiger partial charge in [0.25, 0.3) is 0 Å². The smallest absolute Gasteiger partial charge is 0.321 e. The fourth-order valence-corrected chi connectivity index (χ4v) is 9.77. The van der Waals surface area contributed by atoms with Gasteiger partial charge in [0, 0.05) is 111 Å². The molecule has 0 aliphatic carbocycles. The van der Waals surface area contributed by atoms with E-state index in [2.05, 4.69) is 41.8 Å². The van der Waals surface area contributed by atoms with E-state index in [-0.39, 0.29) is 122 Å². The Hall–Kier alpha value is -8.28. The summed E-state index contributed by atoms with van der Waals surface area (Å²) in [5, 5.41) is 55.1. The molecule has 0 aromatic heterocycles. The van der Waals surface area contributed by atoms with Gasteiger partial charge in [-0.05, 0) is 93.8 Å². The van der Waals surface area contributed by atoms with E-state index in [0.717, 1.165) is 11.8 Å². The average molecular weight is 1230 g/mol. The Bertz CT molecular complexity index is 2680. The predicted octanol–water partition coefficient (Wildman–Crippen LogP) is -0.240. The van der Waals surface area contributed by atoms with Gasteiger partial charge >= 0.3 is 23.9 Å². The Kier molecular flexibility index (Phi) is 32.4. The number of anilines is 1. The Morgan fingerprint density at radius 1 is 0.659 bits per heavy atom. The third kappa shape index (κ3) is 28.0. The third-order valence-electron chi connectivity index (χ3n) is 14.8. The molecule has 1 aliphatic heterocycles. The highest BCUT2D eigenvalue weighted by Gasteiger charge is 2.29. The fourth-order valence-electron chi connectivity index (χ4n) is 9.77. The molecular formula is C60H91N15O13. The number of hydrogen-bond donors (Lipinski definition) is 11. The number of phenolic OH excluding ortho intramolecular Hbond substituents is 1. The summed E-state index contributed by atoms with van der Waals surface area (Å²) in [5.41, 5.74) is 8.62. The SMILES string of the molecule is CCC(=O)NCCNC(=O)NC(N)=NCCC[C@@H](NC(=O)[C@@H](c1ccccc1)c1ccc(NCC(=O)N(C)CCCN(C)CCCN(C)C(C=O)N2CCN(CC(=O)O)CCN(CC(=O)O)CCN(CC(=O)O)CC2)cc1)C(=O)NCc1ccc(O)cc1. The number of likely N-dealkylation sites (N-methyl/N-ethyl adjacent to an activating group) is 2. The van der Waals surface area contributed by atoms with Crippen molar-refractivity contribution < 1.29 is 63.6 Å². The summed E-state index contributed by atoms with van der Waals surface area (Å²) in [4.78, 5) is 130. The molecule has 1 heterocycles. The number of guanidine groups is 1. The number of carboxylic acids is 3. The van der Waals surface area contributed by atoms with E-state index >= 15 is 0 Å². The summed E-state index contributed by atoms with van der Waals surface area (Å²) >= 11 is 0. The number of phenols is 1. The summed E-state index contributed by atoms with van der Waals surface area (Å²) in [5.74, 6) is -5.20. The maximum atomic E-state index is 14.4. The third-order valence-corrected chi connectivity index (χ3v) is 14.8. The van der Waals surface area contributed by atoms with Crippen LogP contribution in [-0.2, 0) is 44.9 Å². The van der Waals surface area contributed by atoms with E-state index in [9.17, 15) is 63.6 Å². The number of nitrogens with zero attached hydrogens (tertiary/aromatic N) is 8. The van der Waals surface area contributed by atoms with Crippen LogP contribution in [-0.4, -0.2) is 272 Å². The minimum atomic E-state index is -1.04. The molecule has 3 aromatic carbocycles. The summed E-state index contributed by atoms with van der Waals surface area (Å²) in [6, 6.07) is 21.0. The fraction of sp³-hybridized carbons (Fsp3) is 0.533. The number of aliphatic imine (C=N–C) groups is 1. The number of carbonyl (C=O) groups excluding carboxylic acids is 6. The van der Waals surface area contributed by atoms with Crippen LogP contribution >= 0.6 is 0 Å². The van der Waals surface area contributed by atoms with Gasteiger partial charge in [0.05, 0.1) is 32.1 Å². The molecule has 0 saturated carbocycles. The number of urea groups is 1. The van der Waals surface area contributed by atoms with Crippen LogP contribution in [0.4, 0.5) is 10.5 Å². The molecule has 1 unspecified atom stereocenters. The maximum Gasteiger partial charge on any atom is 0.321 e. The molecule has 3 aromatic rings. The van der Waals surface area contributed by atoms with Crippen molar-refractivity contribution in [3.05, 3.63) is 95.6 Å². The largest absolute Gasteiger partial charge is 0.508 e. The zero-order valence-corrected chi connectivity index (χ0v) is 51.1. The Morgan fingerprint density at radius 3 is 1.76 bits per heavy atom. The lowest BCUT2D eigenvalue weighted by Crippen LogP contribution is -2.54. The van der Waals surface area contributed by atoms with Gasteiger partial charge < -0.3 is 67.3 Å². The molecule has 28 heteroatoms. The molecular weight excluding hydrogens is 1140 g/mol. The number of aldehydes is 1. The van der Waals surface area contributed by atoms with Crippen LogP contribution in [0.5, 0.6) is 5.75 Å². The Morgan fingerprint density at radius 2 is 1.20 bits per heavy atom.